The van der Waals surface area contributed by atoms with Crippen LogP contribution in [0, 0.1) is 6.92 Å². The summed E-state index contributed by atoms with van der Waals surface area (Å²) in [5.74, 6) is -0.340. The number of benzene rings is 3. The summed E-state index contributed by atoms with van der Waals surface area (Å²) in [7, 11) is 0. The van der Waals surface area contributed by atoms with E-state index in [1.807, 2.05) is 0 Å². The van der Waals surface area contributed by atoms with Crippen LogP contribution < -0.4 is 23.7 Å². The Morgan fingerprint density at radius 1 is 0.426 bits per heavy atom. The Kier molecular flexibility index (Phi) is 23.3. The highest BCUT2D eigenvalue weighted by molar-refractivity contribution is 5.92. The zero-order valence-electron chi connectivity index (χ0n) is 35.2. The lowest BCUT2D eigenvalue weighted by molar-refractivity contribution is -0.138. The van der Waals surface area contributed by atoms with E-state index in [2.05, 4.69) is 19.7 Å². The Morgan fingerprint density at radius 3 is 1.33 bits per heavy atom. The third-order valence-electron chi connectivity index (χ3n) is 8.96. The van der Waals surface area contributed by atoms with Gasteiger partial charge in [0, 0.05) is 18.2 Å². The van der Waals surface area contributed by atoms with Crippen molar-refractivity contribution in [3.05, 3.63) is 115 Å². The largest absolute Gasteiger partial charge is 0.494 e. The van der Waals surface area contributed by atoms with Crippen LogP contribution in [-0.4, -0.2) is 69.5 Å². The van der Waals surface area contributed by atoms with E-state index in [0.717, 1.165) is 95.3 Å². The van der Waals surface area contributed by atoms with E-state index in [1.54, 1.807) is 67.6 Å². The van der Waals surface area contributed by atoms with Gasteiger partial charge in [-0.05, 0) is 150 Å². The molecule has 3 aromatic carbocycles. The molecule has 0 aliphatic rings. The molecule has 0 aliphatic carbocycles. The van der Waals surface area contributed by atoms with Crippen molar-refractivity contribution in [1.82, 2.24) is 0 Å². The van der Waals surface area contributed by atoms with Crippen LogP contribution in [0.1, 0.15) is 103 Å². The van der Waals surface area contributed by atoms with E-state index in [9.17, 15) is 24.0 Å². The first-order chi connectivity index (χ1) is 29.6. The lowest BCUT2D eigenvalue weighted by atomic mass is 10.1. The van der Waals surface area contributed by atoms with E-state index >= 15 is 0 Å². The Balaban J connectivity index is 1.51. The highest BCUT2D eigenvalue weighted by atomic mass is 16.6. The number of esters is 5. The van der Waals surface area contributed by atoms with Crippen LogP contribution in [0.25, 0.3) is 0 Å². The Labute approximate surface area is 358 Å². The molecule has 0 saturated heterocycles. The van der Waals surface area contributed by atoms with Gasteiger partial charge >= 0.3 is 29.8 Å². The molecule has 0 amide bonds. The number of unbranched alkanes of at least 4 members (excludes halogenated alkanes) is 9. The SMILES string of the molecule is C=CC(=O)OCCCCCCOc1ccc(C(=O)Oc2ccc(OC(=O)c3ccc(OCCCCCCOC(=O)C=C)c(OCCCCCCOC(=O)C=C)c3)c(C)c2)cc1. The van der Waals surface area contributed by atoms with Gasteiger partial charge in [0.1, 0.15) is 17.2 Å². The molecule has 0 fully saturated rings. The highest BCUT2D eigenvalue weighted by Crippen LogP contribution is 2.31. The first-order valence-electron chi connectivity index (χ1n) is 20.7. The van der Waals surface area contributed by atoms with Crippen LogP contribution in [0.15, 0.2) is 98.6 Å². The van der Waals surface area contributed by atoms with Crippen molar-refractivity contribution in [2.24, 2.45) is 0 Å². The summed E-state index contributed by atoms with van der Waals surface area (Å²) in [6.07, 6.45) is 13.3. The summed E-state index contributed by atoms with van der Waals surface area (Å²) in [4.78, 5) is 59.8. The molecule has 0 unspecified atom stereocenters. The summed E-state index contributed by atoms with van der Waals surface area (Å²) in [5.41, 5.74) is 1.18. The second-order valence-electron chi connectivity index (χ2n) is 13.8. The van der Waals surface area contributed by atoms with Gasteiger partial charge in [0.05, 0.1) is 50.8 Å². The predicted molar refractivity (Wildman–Crippen MR) is 229 cm³/mol. The minimum absolute atomic E-state index is 0.256. The molecule has 0 N–H and O–H groups in total. The molecule has 13 nitrogen and oxygen atoms in total. The minimum atomic E-state index is -0.607. The topological polar surface area (TPSA) is 159 Å². The maximum absolute atomic E-state index is 13.4. The van der Waals surface area contributed by atoms with Gasteiger partial charge in [-0.15, -0.1) is 0 Å². The molecule has 328 valence electrons. The van der Waals surface area contributed by atoms with E-state index < -0.39 is 29.8 Å². The molecule has 3 rings (SSSR count). The maximum Gasteiger partial charge on any atom is 0.343 e. The first kappa shape index (κ1) is 49.0. The molecule has 0 saturated carbocycles. The Bertz CT molecular complexity index is 1880. The smallest absolute Gasteiger partial charge is 0.343 e. The summed E-state index contributed by atoms with van der Waals surface area (Å²) in [6.45, 7) is 14.3. The molecule has 0 spiro atoms. The lowest BCUT2D eigenvalue weighted by Crippen LogP contribution is -2.11. The average Bonchev–Trinajstić information content (AvgIpc) is 3.27. The highest BCUT2D eigenvalue weighted by Gasteiger charge is 2.17. The van der Waals surface area contributed by atoms with Crippen molar-refractivity contribution >= 4 is 29.8 Å². The standard InChI is InChI=1S/C48H58O13/c1-5-44(49)57-31-17-11-8-14-28-54-39-23-20-37(21-24-39)47(52)60-40-25-27-41(36(4)34-40)61-48(53)38-22-26-42(55-29-15-9-12-18-32-58-45(50)6-2)43(35-38)56-30-16-10-13-19-33-59-46(51)7-3/h5-7,20-27,34-35H,1-3,8-19,28-33H2,4H3. The van der Waals surface area contributed by atoms with Crippen LogP contribution in [0.3, 0.4) is 0 Å². The fraction of sp³-hybridized carbons (Fsp3) is 0.396. The van der Waals surface area contributed by atoms with Gasteiger partial charge in [0.15, 0.2) is 11.5 Å². The maximum atomic E-state index is 13.4. The first-order valence-corrected chi connectivity index (χ1v) is 20.7. The number of hydrogen-bond donors (Lipinski definition) is 0. The third kappa shape index (κ3) is 20.0. The molecule has 0 bridgehead atoms. The monoisotopic (exact) mass is 842 g/mol. The van der Waals surface area contributed by atoms with Crippen molar-refractivity contribution in [2.75, 3.05) is 39.6 Å². The number of carbonyl (C=O) groups excluding carboxylic acids is 5. The van der Waals surface area contributed by atoms with Crippen molar-refractivity contribution in [3.63, 3.8) is 0 Å². The van der Waals surface area contributed by atoms with Gasteiger partial charge in [0.2, 0.25) is 0 Å². The molecular weight excluding hydrogens is 785 g/mol. The van der Waals surface area contributed by atoms with Crippen LogP contribution >= 0.6 is 0 Å². The van der Waals surface area contributed by atoms with Crippen molar-refractivity contribution in [2.45, 2.75) is 84.0 Å². The number of rotatable bonds is 31. The van der Waals surface area contributed by atoms with Crippen LogP contribution in [0.4, 0.5) is 0 Å². The van der Waals surface area contributed by atoms with Crippen LogP contribution in [0.5, 0.6) is 28.7 Å². The summed E-state index contributed by atoms with van der Waals surface area (Å²) < 4.78 is 44.3. The van der Waals surface area contributed by atoms with Gasteiger partial charge in [-0.25, -0.2) is 24.0 Å². The number of hydrogen-bond acceptors (Lipinski definition) is 13. The Morgan fingerprint density at radius 2 is 0.836 bits per heavy atom. The van der Waals surface area contributed by atoms with Gasteiger partial charge < -0.3 is 37.9 Å². The van der Waals surface area contributed by atoms with Gasteiger partial charge in [-0.3, -0.25) is 0 Å². The average molecular weight is 843 g/mol. The Hall–Kier alpha value is -6.37. The predicted octanol–water partition coefficient (Wildman–Crippen LogP) is 9.44. The normalized spacial score (nSPS) is 10.4. The zero-order valence-corrected chi connectivity index (χ0v) is 35.2. The van der Waals surface area contributed by atoms with E-state index in [4.69, 9.17) is 37.9 Å². The fourth-order valence-corrected chi connectivity index (χ4v) is 5.60. The van der Waals surface area contributed by atoms with Crippen LogP contribution in [-0.2, 0) is 28.6 Å². The molecular formula is C48H58O13. The van der Waals surface area contributed by atoms with Crippen molar-refractivity contribution in [3.8, 4) is 28.7 Å². The second-order valence-corrected chi connectivity index (χ2v) is 13.8. The quantitative estimate of drug-likeness (QED) is 0.0198. The van der Waals surface area contributed by atoms with Crippen molar-refractivity contribution < 1.29 is 61.9 Å². The molecule has 61 heavy (non-hydrogen) atoms. The number of aryl methyl sites for hydroxylation is 1. The van der Waals surface area contributed by atoms with Gasteiger partial charge in [-0.1, -0.05) is 19.7 Å². The fourth-order valence-electron chi connectivity index (χ4n) is 5.60. The molecule has 0 atom stereocenters. The van der Waals surface area contributed by atoms with E-state index in [1.165, 1.54) is 0 Å². The minimum Gasteiger partial charge on any atom is -0.494 e. The summed E-state index contributed by atoms with van der Waals surface area (Å²) in [5, 5.41) is 0. The lowest BCUT2D eigenvalue weighted by Gasteiger charge is -2.15. The second kappa shape index (κ2) is 29.0. The van der Waals surface area contributed by atoms with Gasteiger partial charge in [-0.2, -0.15) is 0 Å². The number of ether oxygens (including phenoxy) is 8. The number of carbonyl (C=O) groups is 5. The van der Waals surface area contributed by atoms with Crippen molar-refractivity contribution in [1.29, 1.82) is 0 Å². The van der Waals surface area contributed by atoms with Gasteiger partial charge in [0.25, 0.3) is 0 Å². The third-order valence-corrected chi connectivity index (χ3v) is 8.96. The zero-order chi connectivity index (χ0) is 44.1. The summed E-state index contributed by atoms with van der Waals surface area (Å²) in [6, 6.07) is 16.3. The molecule has 0 aliphatic heterocycles. The van der Waals surface area contributed by atoms with E-state index in [-0.39, 0.29) is 11.3 Å². The van der Waals surface area contributed by atoms with E-state index in [0.29, 0.717) is 73.8 Å². The molecule has 13 heteroatoms. The molecule has 3 aromatic rings. The molecule has 0 heterocycles. The molecule has 0 radical (unpaired) electrons. The van der Waals surface area contributed by atoms with Crippen LogP contribution in [0.2, 0.25) is 0 Å². The summed E-state index contributed by atoms with van der Waals surface area (Å²) >= 11 is 0. The molecule has 0 aromatic heterocycles.